The van der Waals surface area contributed by atoms with Crippen LogP contribution >= 0.6 is 11.6 Å². The van der Waals surface area contributed by atoms with Crippen molar-refractivity contribution >= 4 is 22.8 Å². The lowest BCUT2D eigenvalue weighted by molar-refractivity contribution is 0.652. The van der Waals surface area contributed by atoms with Crippen LogP contribution in [0, 0.1) is 0 Å². The first-order valence-corrected chi connectivity index (χ1v) is 5.69. The van der Waals surface area contributed by atoms with E-state index >= 15 is 0 Å². The number of hydrogen-bond donors (Lipinski definition) is 0. The lowest BCUT2D eigenvalue weighted by atomic mass is 10.4. The Morgan fingerprint density at radius 1 is 1.35 bits per heavy atom. The van der Waals surface area contributed by atoms with Crippen LogP contribution in [0.15, 0.2) is 15.9 Å². The van der Waals surface area contributed by atoms with Crippen molar-refractivity contribution in [3.63, 3.8) is 0 Å². The Morgan fingerprint density at radius 3 is 2.59 bits per heavy atom. The van der Waals surface area contributed by atoms with Gasteiger partial charge in [-0.3, -0.25) is 13.9 Å². The zero-order valence-electron chi connectivity index (χ0n) is 9.85. The maximum absolute atomic E-state index is 12.0. The Labute approximate surface area is 102 Å². The van der Waals surface area contributed by atoms with Gasteiger partial charge in [0.05, 0.1) is 6.33 Å². The molecule has 0 aromatic carbocycles. The summed E-state index contributed by atoms with van der Waals surface area (Å²) in [4.78, 5) is 27.8. The van der Waals surface area contributed by atoms with Crippen molar-refractivity contribution in [2.45, 2.75) is 18.8 Å². The van der Waals surface area contributed by atoms with E-state index in [-0.39, 0.29) is 11.1 Å². The van der Waals surface area contributed by atoms with Crippen LogP contribution in [0.5, 0.6) is 0 Å². The molecule has 2 rings (SSSR count). The fraction of sp³-hybridized carbons (Fsp3) is 0.500. The summed E-state index contributed by atoms with van der Waals surface area (Å²) in [6, 6.07) is 0. The van der Waals surface area contributed by atoms with Crippen LogP contribution in [0.4, 0.5) is 0 Å². The highest BCUT2D eigenvalue weighted by Crippen LogP contribution is 2.19. The Hall–Kier alpha value is -1.56. The van der Waals surface area contributed by atoms with Gasteiger partial charge in [-0.2, -0.15) is 0 Å². The molecule has 7 heteroatoms. The molecule has 17 heavy (non-hydrogen) atoms. The molecule has 1 atom stereocenters. The quantitative estimate of drug-likeness (QED) is 0.739. The van der Waals surface area contributed by atoms with E-state index in [0.717, 1.165) is 4.57 Å². The second kappa shape index (κ2) is 4.03. The monoisotopic (exact) mass is 256 g/mol. The van der Waals surface area contributed by atoms with Gasteiger partial charge in [-0.15, -0.1) is 0 Å². The van der Waals surface area contributed by atoms with Crippen LogP contribution in [0.25, 0.3) is 11.2 Å². The van der Waals surface area contributed by atoms with Crippen molar-refractivity contribution in [1.82, 2.24) is 18.7 Å². The van der Waals surface area contributed by atoms with E-state index in [2.05, 4.69) is 4.98 Å². The first-order valence-electron chi connectivity index (χ1n) is 5.25. The van der Waals surface area contributed by atoms with Crippen molar-refractivity contribution in [3.8, 4) is 0 Å². The largest absolute Gasteiger partial charge is 0.332 e. The number of nitrogens with zero attached hydrogens (tertiary/aromatic N) is 4. The first-order chi connectivity index (χ1) is 7.99. The molecule has 0 aliphatic rings. The molecule has 0 aliphatic carbocycles. The van der Waals surface area contributed by atoms with Gasteiger partial charge in [0.25, 0.3) is 5.56 Å². The molecule has 0 aliphatic heterocycles. The van der Waals surface area contributed by atoms with Crippen molar-refractivity contribution in [3.05, 3.63) is 27.2 Å². The molecule has 2 aromatic rings. The second-order valence-electron chi connectivity index (χ2n) is 3.87. The molecule has 0 amide bonds. The minimum atomic E-state index is -0.393. The lowest BCUT2D eigenvalue weighted by Crippen LogP contribution is -2.37. The predicted octanol–water partition coefficient (Wildman–Crippen LogP) is 0.581. The molecule has 2 heterocycles. The number of aromatic nitrogens is 4. The molecule has 0 N–H and O–H groups in total. The fourth-order valence-electron chi connectivity index (χ4n) is 1.77. The summed E-state index contributed by atoms with van der Waals surface area (Å²) in [5.41, 5.74) is -0.395. The minimum Gasteiger partial charge on any atom is -0.307 e. The Bertz CT molecular complexity index is 682. The van der Waals surface area contributed by atoms with Crippen LogP contribution in [0.3, 0.4) is 0 Å². The number of aryl methyl sites for hydroxylation is 1. The van der Waals surface area contributed by atoms with Crippen molar-refractivity contribution in [2.75, 3.05) is 0 Å². The molecule has 0 radical (unpaired) electrons. The van der Waals surface area contributed by atoms with E-state index < -0.39 is 5.69 Å². The summed E-state index contributed by atoms with van der Waals surface area (Å²) >= 11 is 6.11. The smallest absolute Gasteiger partial charge is 0.307 e. The van der Waals surface area contributed by atoms with E-state index in [9.17, 15) is 9.59 Å². The summed E-state index contributed by atoms with van der Waals surface area (Å²) in [6.07, 6.45) is 2.16. The van der Waals surface area contributed by atoms with Crippen molar-refractivity contribution in [1.29, 1.82) is 0 Å². The van der Waals surface area contributed by atoms with E-state index in [1.807, 2.05) is 6.92 Å². The fourth-order valence-corrected chi connectivity index (χ4v) is 1.92. The van der Waals surface area contributed by atoms with Crippen LogP contribution in [-0.2, 0) is 14.1 Å². The highest BCUT2D eigenvalue weighted by atomic mass is 35.5. The van der Waals surface area contributed by atoms with Gasteiger partial charge in [-0.25, -0.2) is 9.78 Å². The van der Waals surface area contributed by atoms with Crippen LogP contribution in [0.1, 0.15) is 18.8 Å². The van der Waals surface area contributed by atoms with Crippen LogP contribution in [-0.4, -0.2) is 18.7 Å². The highest BCUT2D eigenvalue weighted by Gasteiger charge is 2.17. The summed E-state index contributed by atoms with van der Waals surface area (Å²) in [5.74, 6) is 0. The average molecular weight is 257 g/mol. The molecule has 6 nitrogen and oxygen atoms in total. The van der Waals surface area contributed by atoms with Crippen molar-refractivity contribution in [2.24, 2.45) is 14.1 Å². The Balaban J connectivity index is 2.96. The number of imidazole rings is 1. The van der Waals surface area contributed by atoms with Crippen LogP contribution in [0.2, 0.25) is 0 Å². The normalized spacial score (nSPS) is 13.2. The summed E-state index contributed by atoms with van der Waals surface area (Å²) in [7, 11) is 3.02. The molecule has 92 valence electrons. The summed E-state index contributed by atoms with van der Waals surface area (Å²) in [5, 5.41) is 0. The number of fused-ring (bicyclic) bond motifs is 1. The van der Waals surface area contributed by atoms with Gasteiger partial charge in [0.15, 0.2) is 11.2 Å². The third-order valence-corrected chi connectivity index (χ3v) is 3.33. The zero-order chi connectivity index (χ0) is 12.7. The van der Waals surface area contributed by atoms with E-state index in [0.29, 0.717) is 17.6 Å². The highest BCUT2D eigenvalue weighted by molar-refractivity contribution is 6.19. The van der Waals surface area contributed by atoms with Gasteiger partial charge in [0.2, 0.25) is 0 Å². The third-order valence-electron chi connectivity index (χ3n) is 2.81. The molecule has 0 spiro atoms. The molecule has 2 aromatic heterocycles. The number of halogens is 1. The lowest BCUT2D eigenvalue weighted by Gasteiger charge is -2.10. The van der Waals surface area contributed by atoms with Gasteiger partial charge in [0, 0.05) is 14.1 Å². The third kappa shape index (κ3) is 1.59. The Morgan fingerprint density at radius 2 is 2.00 bits per heavy atom. The zero-order valence-corrected chi connectivity index (χ0v) is 10.6. The summed E-state index contributed by atoms with van der Waals surface area (Å²) < 4.78 is 3.99. The first kappa shape index (κ1) is 11.9. The molecule has 0 fully saturated rings. The summed E-state index contributed by atoms with van der Waals surface area (Å²) in [6.45, 7) is 1.91. The van der Waals surface area contributed by atoms with Gasteiger partial charge in [-0.1, -0.05) is 18.5 Å². The molecule has 0 saturated carbocycles. The van der Waals surface area contributed by atoms with Gasteiger partial charge in [0.1, 0.15) is 5.50 Å². The molecule has 0 saturated heterocycles. The van der Waals surface area contributed by atoms with E-state index in [4.69, 9.17) is 11.6 Å². The van der Waals surface area contributed by atoms with Gasteiger partial charge in [-0.05, 0) is 6.42 Å². The van der Waals surface area contributed by atoms with E-state index in [1.54, 1.807) is 11.6 Å². The topological polar surface area (TPSA) is 61.8 Å². The molecule has 0 bridgehead atoms. The number of rotatable bonds is 2. The maximum atomic E-state index is 12.0. The second-order valence-corrected chi connectivity index (χ2v) is 4.38. The molecular formula is C10H13ClN4O2. The number of hydrogen-bond acceptors (Lipinski definition) is 3. The van der Waals surface area contributed by atoms with E-state index in [1.165, 1.54) is 17.9 Å². The standard InChI is InChI=1S/C10H13ClN4O2/c1-4-6(11)15-5-12-8-7(15)9(16)14(3)10(17)13(8)2/h5-6H,4H2,1-3H3. The SMILES string of the molecule is CCC(Cl)n1cnc2c1c(=O)n(C)c(=O)n2C. The minimum absolute atomic E-state index is 0.342. The van der Waals surface area contributed by atoms with Gasteiger partial charge < -0.3 is 4.57 Å². The average Bonchev–Trinajstić information content (AvgIpc) is 2.77. The number of alkyl halides is 1. The van der Waals surface area contributed by atoms with Gasteiger partial charge >= 0.3 is 5.69 Å². The predicted molar refractivity (Wildman–Crippen MR) is 65.4 cm³/mol. The van der Waals surface area contributed by atoms with Crippen LogP contribution < -0.4 is 11.2 Å². The maximum Gasteiger partial charge on any atom is 0.332 e. The van der Waals surface area contributed by atoms with Crippen molar-refractivity contribution < 1.29 is 0 Å². The Kier molecular flexibility index (Phi) is 2.82. The molecule has 1 unspecified atom stereocenters. The molecular weight excluding hydrogens is 244 g/mol.